The number of amides is 1. The molecular weight excluding hydrogens is 362 g/mol. The highest BCUT2D eigenvalue weighted by molar-refractivity contribution is 5.90. The zero-order valence-corrected chi connectivity index (χ0v) is 16.4. The molecule has 1 aromatic heterocycles. The fraction of sp³-hybridized carbons (Fsp3) is 0.526. The van der Waals surface area contributed by atoms with Gasteiger partial charge in [0, 0.05) is 24.6 Å². The van der Waals surface area contributed by atoms with E-state index in [9.17, 15) is 4.79 Å². The fourth-order valence-electron chi connectivity index (χ4n) is 3.29. The summed E-state index contributed by atoms with van der Waals surface area (Å²) >= 11 is 0. The monoisotopic (exact) mass is 389 g/mol. The maximum Gasteiger partial charge on any atom is 0.249 e. The Morgan fingerprint density at radius 2 is 2.07 bits per heavy atom. The van der Waals surface area contributed by atoms with Crippen LogP contribution in [0.2, 0.25) is 0 Å². The van der Waals surface area contributed by atoms with Crippen LogP contribution in [0.1, 0.15) is 31.1 Å². The quantitative estimate of drug-likeness (QED) is 0.615. The van der Waals surface area contributed by atoms with Crippen LogP contribution in [-0.2, 0) is 9.53 Å². The molecule has 152 valence electrons. The molecule has 1 aliphatic heterocycles. The van der Waals surface area contributed by atoms with E-state index in [1.165, 1.54) is 0 Å². The molecule has 9 heteroatoms. The van der Waals surface area contributed by atoms with Crippen LogP contribution in [0.3, 0.4) is 0 Å². The molecule has 0 spiro atoms. The number of carbonyl (C=O) groups excluding carboxylic acids is 1. The molecule has 1 unspecified atom stereocenters. The lowest BCUT2D eigenvalue weighted by molar-refractivity contribution is -0.130. The Hall–Kier alpha value is -2.65. The number of nitrogens with one attached hydrogen (secondary N) is 2. The maximum absolute atomic E-state index is 12.1. The average molecular weight is 389 g/mol. The minimum Gasteiger partial charge on any atom is -0.493 e. The number of ether oxygens (including phenoxy) is 3. The average Bonchev–Trinajstić information content (AvgIpc) is 3.25. The highest BCUT2D eigenvalue weighted by atomic mass is 16.5. The molecule has 0 radical (unpaired) electrons. The van der Waals surface area contributed by atoms with Gasteiger partial charge in [0.05, 0.1) is 25.8 Å². The van der Waals surface area contributed by atoms with E-state index >= 15 is 0 Å². The van der Waals surface area contributed by atoms with Gasteiger partial charge in [-0.2, -0.15) is 0 Å². The number of anilines is 1. The van der Waals surface area contributed by atoms with Gasteiger partial charge in [0.25, 0.3) is 0 Å². The third-order valence-electron chi connectivity index (χ3n) is 4.86. The number of nitrogen functional groups attached to an aromatic ring is 1. The lowest BCUT2D eigenvalue weighted by atomic mass is 10.1. The van der Waals surface area contributed by atoms with Crippen LogP contribution in [0, 0.1) is 0 Å². The van der Waals surface area contributed by atoms with Gasteiger partial charge in [-0.25, -0.2) is 9.97 Å². The smallest absolute Gasteiger partial charge is 0.249 e. The standard InChI is InChI=1S/C19H27N5O4/c1-21-12(6-7-22-19(25)14-5-4-8-28-14)18-23-13-10-16(27-3)15(26-2)9-11(13)17(20)24-18/h9-10,12,14,21H,4-8H2,1-3H3,(H,22,25)(H2,20,23,24)/t12?,14-/m0/s1. The molecule has 0 aliphatic carbocycles. The van der Waals surface area contributed by atoms with Crippen molar-refractivity contribution in [2.75, 3.05) is 40.2 Å². The van der Waals surface area contributed by atoms with Gasteiger partial charge in [0.2, 0.25) is 5.91 Å². The Bertz CT molecular complexity index is 839. The van der Waals surface area contributed by atoms with Gasteiger partial charge in [-0.15, -0.1) is 0 Å². The first-order valence-corrected chi connectivity index (χ1v) is 9.33. The van der Waals surface area contributed by atoms with Crippen LogP contribution in [0.4, 0.5) is 5.82 Å². The molecule has 1 aliphatic rings. The minimum atomic E-state index is -0.331. The molecule has 0 saturated carbocycles. The molecule has 2 aromatic rings. The molecule has 1 saturated heterocycles. The van der Waals surface area contributed by atoms with E-state index in [2.05, 4.69) is 20.6 Å². The van der Waals surface area contributed by atoms with E-state index in [4.69, 9.17) is 19.9 Å². The number of hydrogen-bond donors (Lipinski definition) is 3. The molecular formula is C19H27N5O4. The summed E-state index contributed by atoms with van der Waals surface area (Å²) < 4.78 is 16.1. The summed E-state index contributed by atoms with van der Waals surface area (Å²) in [4.78, 5) is 21.2. The second-order valence-corrected chi connectivity index (χ2v) is 6.61. The van der Waals surface area contributed by atoms with Crippen LogP contribution in [-0.4, -0.2) is 56.4 Å². The number of nitrogens with zero attached hydrogens (tertiary/aromatic N) is 2. The van der Waals surface area contributed by atoms with E-state index in [0.717, 1.165) is 12.8 Å². The van der Waals surface area contributed by atoms with Crippen LogP contribution in [0.15, 0.2) is 12.1 Å². The highest BCUT2D eigenvalue weighted by Gasteiger charge is 2.23. The van der Waals surface area contributed by atoms with Crippen molar-refractivity contribution >= 4 is 22.6 Å². The first-order chi connectivity index (χ1) is 13.6. The Labute approximate surface area is 164 Å². The number of nitrogens with two attached hydrogens (primary N) is 1. The molecule has 4 N–H and O–H groups in total. The molecule has 1 fully saturated rings. The van der Waals surface area contributed by atoms with Crippen LogP contribution in [0.5, 0.6) is 11.5 Å². The summed E-state index contributed by atoms with van der Waals surface area (Å²) in [6, 6.07) is 3.38. The summed E-state index contributed by atoms with van der Waals surface area (Å²) in [6.45, 7) is 1.13. The highest BCUT2D eigenvalue weighted by Crippen LogP contribution is 2.33. The van der Waals surface area contributed by atoms with E-state index in [1.807, 2.05) is 7.05 Å². The zero-order chi connectivity index (χ0) is 20.1. The lowest BCUT2D eigenvalue weighted by Gasteiger charge is -2.18. The molecule has 28 heavy (non-hydrogen) atoms. The van der Waals surface area contributed by atoms with Crippen molar-refractivity contribution in [3.05, 3.63) is 18.0 Å². The van der Waals surface area contributed by atoms with Crippen LogP contribution >= 0.6 is 0 Å². The van der Waals surface area contributed by atoms with Crippen molar-refractivity contribution in [1.82, 2.24) is 20.6 Å². The Morgan fingerprint density at radius 1 is 1.32 bits per heavy atom. The zero-order valence-electron chi connectivity index (χ0n) is 16.4. The van der Waals surface area contributed by atoms with Crippen molar-refractivity contribution in [2.45, 2.75) is 31.4 Å². The summed E-state index contributed by atoms with van der Waals surface area (Å²) in [7, 11) is 4.96. The summed E-state index contributed by atoms with van der Waals surface area (Å²) in [5.74, 6) is 2.00. The van der Waals surface area contributed by atoms with Gasteiger partial charge in [0.15, 0.2) is 11.5 Å². The molecule has 0 bridgehead atoms. The molecule has 3 rings (SSSR count). The van der Waals surface area contributed by atoms with Gasteiger partial charge < -0.3 is 30.6 Å². The van der Waals surface area contributed by atoms with E-state index in [-0.39, 0.29) is 18.1 Å². The van der Waals surface area contributed by atoms with Crippen molar-refractivity contribution < 1.29 is 19.0 Å². The first kappa shape index (κ1) is 20.1. The number of benzene rings is 1. The lowest BCUT2D eigenvalue weighted by Crippen LogP contribution is -2.36. The Balaban J connectivity index is 1.75. The van der Waals surface area contributed by atoms with E-state index < -0.39 is 0 Å². The molecule has 9 nitrogen and oxygen atoms in total. The van der Waals surface area contributed by atoms with Crippen molar-refractivity contribution in [2.24, 2.45) is 0 Å². The topological polar surface area (TPSA) is 121 Å². The van der Waals surface area contributed by atoms with Crippen LogP contribution in [0.25, 0.3) is 10.9 Å². The maximum atomic E-state index is 12.1. The largest absolute Gasteiger partial charge is 0.493 e. The normalized spacial score (nSPS) is 17.5. The van der Waals surface area contributed by atoms with E-state index in [1.54, 1.807) is 26.4 Å². The molecule has 2 atom stereocenters. The van der Waals surface area contributed by atoms with Gasteiger partial charge in [0.1, 0.15) is 17.7 Å². The predicted molar refractivity (Wildman–Crippen MR) is 105 cm³/mol. The van der Waals surface area contributed by atoms with Crippen molar-refractivity contribution in [3.63, 3.8) is 0 Å². The van der Waals surface area contributed by atoms with Gasteiger partial charge in [-0.1, -0.05) is 0 Å². The third kappa shape index (κ3) is 4.26. The number of rotatable bonds is 8. The second-order valence-electron chi connectivity index (χ2n) is 6.61. The predicted octanol–water partition coefficient (Wildman–Crippen LogP) is 1.18. The summed E-state index contributed by atoms with van der Waals surface area (Å²) in [5, 5.41) is 6.80. The number of fused-ring (bicyclic) bond motifs is 1. The number of hydrogen-bond acceptors (Lipinski definition) is 8. The number of aromatic nitrogens is 2. The minimum absolute atomic E-state index is 0.0665. The first-order valence-electron chi connectivity index (χ1n) is 9.33. The van der Waals surface area contributed by atoms with Gasteiger partial charge in [-0.05, 0) is 32.4 Å². The Morgan fingerprint density at radius 3 is 2.71 bits per heavy atom. The SMILES string of the molecule is CNC(CCNC(=O)[C@@H]1CCCO1)c1nc(N)c2cc(OC)c(OC)cc2n1. The van der Waals surface area contributed by atoms with Crippen molar-refractivity contribution in [1.29, 1.82) is 0 Å². The van der Waals surface area contributed by atoms with E-state index in [0.29, 0.717) is 53.6 Å². The third-order valence-corrected chi connectivity index (χ3v) is 4.86. The Kier molecular flexibility index (Phi) is 6.48. The van der Waals surface area contributed by atoms with Gasteiger partial charge in [-0.3, -0.25) is 4.79 Å². The number of carbonyl (C=O) groups is 1. The number of methoxy groups -OCH3 is 2. The second kappa shape index (κ2) is 9.03. The molecule has 1 amide bonds. The van der Waals surface area contributed by atoms with Gasteiger partial charge >= 0.3 is 0 Å². The molecule has 1 aromatic carbocycles. The summed E-state index contributed by atoms with van der Waals surface area (Å²) in [5.41, 5.74) is 6.83. The fourth-order valence-corrected chi connectivity index (χ4v) is 3.29. The van der Waals surface area contributed by atoms with Crippen molar-refractivity contribution in [3.8, 4) is 11.5 Å². The van der Waals surface area contributed by atoms with Crippen LogP contribution < -0.4 is 25.8 Å². The molecule has 2 heterocycles. The summed E-state index contributed by atoms with van der Waals surface area (Å²) in [6.07, 6.45) is 1.99.